The molecule has 1 saturated heterocycles. The van der Waals surface area contributed by atoms with E-state index >= 15 is 0 Å². The second-order valence-electron chi connectivity index (χ2n) is 7.38. The van der Waals surface area contributed by atoms with Crippen LogP contribution in [0.1, 0.15) is 6.42 Å². The number of sulfonamides is 1. The second-order valence-corrected chi connectivity index (χ2v) is 9.32. The molecule has 2 heterocycles. The summed E-state index contributed by atoms with van der Waals surface area (Å²) in [6.45, 7) is 1.39. The quantitative estimate of drug-likeness (QED) is 0.626. The van der Waals surface area contributed by atoms with Gasteiger partial charge in [-0.3, -0.25) is 9.58 Å². The van der Waals surface area contributed by atoms with Gasteiger partial charge in [0.1, 0.15) is 4.90 Å². The van der Waals surface area contributed by atoms with Crippen molar-refractivity contribution < 1.29 is 13.2 Å². The standard InChI is InChI=1S/C22H25N5O3S/c1-24-18-21(17-23-24)31(29,30)26-14-8-13-25(15-16-26)22(28)27(19-9-4-2-5-10-19)20-11-6-3-7-12-20/h2-7,9-12,17-18H,8,13-16H2,1H3. The first-order valence-electron chi connectivity index (χ1n) is 10.1. The lowest BCUT2D eigenvalue weighted by Crippen LogP contribution is -2.43. The van der Waals surface area contributed by atoms with Crippen LogP contribution >= 0.6 is 0 Å². The average Bonchev–Trinajstić information content (AvgIpc) is 3.07. The van der Waals surface area contributed by atoms with E-state index in [2.05, 4.69) is 5.10 Å². The van der Waals surface area contributed by atoms with Gasteiger partial charge >= 0.3 is 6.03 Å². The van der Waals surface area contributed by atoms with Crippen LogP contribution in [-0.4, -0.2) is 59.6 Å². The first-order chi connectivity index (χ1) is 15.0. The van der Waals surface area contributed by atoms with Gasteiger partial charge in [0.25, 0.3) is 0 Å². The molecule has 0 atom stereocenters. The number of aromatic nitrogens is 2. The maximum Gasteiger partial charge on any atom is 0.329 e. The van der Waals surface area contributed by atoms with Crippen molar-refractivity contribution in [2.75, 3.05) is 31.1 Å². The van der Waals surface area contributed by atoms with E-state index in [1.165, 1.54) is 21.4 Å². The van der Waals surface area contributed by atoms with Gasteiger partial charge in [-0.05, 0) is 30.7 Å². The summed E-state index contributed by atoms with van der Waals surface area (Å²) in [5, 5.41) is 3.97. The van der Waals surface area contributed by atoms with E-state index < -0.39 is 10.0 Å². The first kappa shape index (κ1) is 21.1. The number of urea groups is 1. The molecule has 0 radical (unpaired) electrons. The molecule has 8 nitrogen and oxygen atoms in total. The van der Waals surface area contributed by atoms with Crippen molar-refractivity contribution >= 4 is 27.4 Å². The number of amides is 2. The fraction of sp³-hybridized carbons (Fsp3) is 0.273. The summed E-state index contributed by atoms with van der Waals surface area (Å²) in [5.41, 5.74) is 1.53. The number of anilines is 2. The SMILES string of the molecule is Cn1cc(S(=O)(=O)N2CCCN(C(=O)N(c3ccccc3)c3ccccc3)CC2)cn1. The Labute approximate surface area is 182 Å². The summed E-state index contributed by atoms with van der Waals surface area (Å²) in [6, 6.07) is 18.8. The number of benzene rings is 2. The molecule has 0 N–H and O–H groups in total. The van der Waals surface area contributed by atoms with Gasteiger partial charge in [0.05, 0.1) is 17.6 Å². The second kappa shape index (κ2) is 8.91. The van der Waals surface area contributed by atoms with E-state index in [4.69, 9.17) is 0 Å². The molecule has 4 rings (SSSR count). The van der Waals surface area contributed by atoms with Crippen LogP contribution in [0.15, 0.2) is 78.0 Å². The van der Waals surface area contributed by atoms with Crippen molar-refractivity contribution in [1.82, 2.24) is 19.0 Å². The molecule has 31 heavy (non-hydrogen) atoms. The molecule has 162 valence electrons. The number of rotatable bonds is 4. The lowest BCUT2D eigenvalue weighted by molar-refractivity contribution is 0.210. The Kier molecular flexibility index (Phi) is 6.06. The highest BCUT2D eigenvalue weighted by atomic mass is 32.2. The highest BCUT2D eigenvalue weighted by Crippen LogP contribution is 2.27. The fourth-order valence-corrected chi connectivity index (χ4v) is 5.13. The molecule has 0 bridgehead atoms. The summed E-state index contributed by atoms with van der Waals surface area (Å²) in [6.07, 6.45) is 3.41. The van der Waals surface area contributed by atoms with Crippen molar-refractivity contribution in [2.24, 2.45) is 7.05 Å². The molecule has 0 unspecified atom stereocenters. The van der Waals surface area contributed by atoms with E-state index in [9.17, 15) is 13.2 Å². The summed E-state index contributed by atoms with van der Waals surface area (Å²) >= 11 is 0. The van der Waals surface area contributed by atoms with Crippen molar-refractivity contribution in [1.29, 1.82) is 0 Å². The molecule has 1 fully saturated rings. The van der Waals surface area contributed by atoms with Gasteiger partial charge in [-0.2, -0.15) is 9.40 Å². The highest BCUT2D eigenvalue weighted by Gasteiger charge is 2.31. The van der Waals surface area contributed by atoms with Gasteiger partial charge < -0.3 is 4.90 Å². The van der Waals surface area contributed by atoms with Crippen LogP contribution in [0.5, 0.6) is 0 Å². The molecule has 2 amide bonds. The molecule has 1 aliphatic heterocycles. The molecule has 0 aliphatic carbocycles. The van der Waals surface area contributed by atoms with Gasteiger partial charge in [0.2, 0.25) is 10.0 Å². The van der Waals surface area contributed by atoms with E-state index in [0.29, 0.717) is 26.1 Å². The first-order valence-corrected chi connectivity index (χ1v) is 11.6. The van der Waals surface area contributed by atoms with Crippen molar-refractivity contribution in [3.8, 4) is 0 Å². The Hall–Kier alpha value is -3.17. The van der Waals surface area contributed by atoms with Crippen molar-refractivity contribution in [2.45, 2.75) is 11.3 Å². The van der Waals surface area contributed by atoms with Crippen LogP contribution in [0, 0.1) is 0 Å². The third-order valence-electron chi connectivity index (χ3n) is 5.26. The molecule has 9 heteroatoms. The fourth-order valence-electron chi connectivity index (χ4n) is 3.67. The molecular weight excluding hydrogens is 414 g/mol. The third-order valence-corrected chi connectivity index (χ3v) is 7.12. The maximum absolute atomic E-state index is 13.6. The van der Waals surface area contributed by atoms with Crippen LogP contribution in [0.3, 0.4) is 0 Å². The topological polar surface area (TPSA) is 78.8 Å². The molecule has 1 aromatic heterocycles. The van der Waals surface area contributed by atoms with Crippen molar-refractivity contribution in [3.05, 3.63) is 73.1 Å². The molecule has 1 aliphatic rings. The summed E-state index contributed by atoms with van der Waals surface area (Å²) < 4.78 is 28.8. The molecular formula is C22H25N5O3S. The molecule has 2 aromatic carbocycles. The minimum absolute atomic E-state index is 0.168. The minimum atomic E-state index is -3.64. The Morgan fingerprint density at radius 1 is 0.903 bits per heavy atom. The summed E-state index contributed by atoms with van der Waals surface area (Å²) in [5.74, 6) is 0. The van der Waals surface area contributed by atoms with Gasteiger partial charge in [0, 0.05) is 39.4 Å². The monoisotopic (exact) mass is 439 g/mol. The normalized spacial score (nSPS) is 15.5. The zero-order valence-corrected chi connectivity index (χ0v) is 18.1. The maximum atomic E-state index is 13.6. The van der Waals surface area contributed by atoms with E-state index in [-0.39, 0.29) is 17.5 Å². The zero-order chi connectivity index (χ0) is 21.8. The van der Waals surface area contributed by atoms with E-state index in [1.807, 2.05) is 60.7 Å². The van der Waals surface area contributed by atoms with Gasteiger partial charge in [0.15, 0.2) is 0 Å². The largest absolute Gasteiger partial charge is 0.329 e. The lowest BCUT2D eigenvalue weighted by Gasteiger charge is -2.30. The predicted octanol–water partition coefficient (Wildman–Crippen LogP) is 3.07. The van der Waals surface area contributed by atoms with Crippen molar-refractivity contribution in [3.63, 3.8) is 0 Å². The zero-order valence-electron chi connectivity index (χ0n) is 17.3. The molecule has 0 spiro atoms. The third kappa shape index (κ3) is 4.47. The number of para-hydroxylation sites is 2. The Morgan fingerprint density at radius 3 is 2.06 bits per heavy atom. The minimum Gasteiger partial charge on any atom is -0.323 e. The molecule has 3 aromatic rings. The van der Waals surface area contributed by atoms with E-state index in [1.54, 1.807) is 16.8 Å². The van der Waals surface area contributed by atoms with Crippen LogP contribution < -0.4 is 4.90 Å². The molecule has 0 saturated carbocycles. The smallest absolute Gasteiger partial charge is 0.323 e. The number of hydrogen-bond acceptors (Lipinski definition) is 4. The van der Waals surface area contributed by atoms with Crippen LogP contribution in [0.25, 0.3) is 0 Å². The van der Waals surface area contributed by atoms with Gasteiger partial charge in [-0.25, -0.2) is 13.2 Å². The van der Waals surface area contributed by atoms with Gasteiger partial charge in [-0.15, -0.1) is 0 Å². The number of aryl methyl sites for hydroxylation is 1. The Morgan fingerprint density at radius 2 is 1.52 bits per heavy atom. The number of hydrogen-bond donors (Lipinski definition) is 0. The predicted molar refractivity (Wildman–Crippen MR) is 119 cm³/mol. The van der Waals surface area contributed by atoms with Crippen LogP contribution in [0.2, 0.25) is 0 Å². The van der Waals surface area contributed by atoms with Gasteiger partial charge in [-0.1, -0.05) is 36.4 Å². The Bertz CT molecular complexity index is 1090. The Balaban J connectivity index is 1.56. The van der Waals surface area contributed by atoms with Crippen LogP contribution in [0.4, 0.5) is 16.2 Å². The number of carbonyl (C=O) groups excluding carboxylic acids is 1. The summed E-state index contributed by atoms with van der Waals surface area (Å²) in [7, 11) is -1.96. The lowest BCUT2D eigenvalue weighted by atomic mass is 10.2. The average molecular weight is 440 g/mol. The summed E-state index contributed by atoms with van der Waals surface area (Å²) in [4.78, 5) is 17.1. The highest BCUT2D eigenvalue weighted by molar-refractivity contribution is 7.89. The van der Waals surface area contributed by atoms with Crippen LogP contribution in [-0.2, 0) is 17.1 Å². The number of nitrogens with zero attached hydrogens (tertiary/aromatic N) is 5. The number of carbonyl (C=O) groups is 1. The van der Waals surface area contributed by atoms with E-state index in [0.717, 1.165) is 11.4 Å².